The molecule has 0 spiro atoms. The van der Waals surface area contributed by atoms with Gasteiger partial charge in [-0.25, -0.2) is 4.98 Å². The molecule has 0 aliphatic heterocycles. The Morgan fingerprint density at radius 2 is 2.00 bits per heavy atom. The van der Waals surface area contributed by atoms with Crippen LogP contribution >= 0.6 is 39.1 Å². The largest absolute Gasteiger partial charge is 0.435 e. The topological polar surface area (TPSA) is 48.1 Å². The monoisotopic (exact) mass is 346 g/mol. The van der Waals surface area contributed by atoms with Crippen LogP contribution < -0.4 is 10.5 Å². The predicted octanol–water partition coefficient (Wildman–Crippen LogP) is 4.83. The quantitative estimate of drug-likeness (QED) is 0.791. The van der Waals surface area contributed by atoms with E-state index in [9.17, 15) is 0 Å². The third-order valence-electron chi connectivity index (χ3n) is 2.24. The van der Waals surface area contributed by atoms with Gasteiger partial charge < -0.3 is 10.5 Å². The van der Waals surface area contributed by atoms with Gasteiger partial charge in [0.2, 0.25) is 5.88 Å². The Hall–Kier alpha value is -0.970. The van der Waals surface area contributed by atoms with Gasteiger partial charge in [0, 0.05) is 10.7 Å². The number of nitrogens with zero attached hydrogens (tertiary/aromatic N) is 1. The van der Waals surface area contributed by atoms with Crippen LogP contribution in [0.4, 0.5) is 5.69 Å². The van der Waals surface area contributed by atoms with Crippen LogP contribution in [0.5, 0.6) is 11.6 Å². The molecular weight excluding hydrogens is 339 g/mol. The summed E-state index contributed by atoms with van der Waals surface area (Å²) in [5, 5.41) is 0.789. The number of aromatic nitrogens is 1. The Kier molecular flexibility index (Phi) is 4.00. The van der Waals surface area contributed by atoms with E-state index in [1.807, 2.05) is 13.0 Å². The molecule has 0 saturated heterocycles. The molecule has 0 atom stereocenters. The highest BCUT2D eigenvalue weighted by Gasteiger charge is 2.11. The number of pyridine rings is 1. The SMILES string of the molecule is Cc1cc(Br)cc(N)c1Oc1ncc(Cl)cc1Cl. The first-order valence-electron chi connectivity index (χ1n) is 5.02. The lowest BCUT2D eigenvalue weighted by atomic mass is 10.2. The van der Waals surface area contributed by atoms with Crippen molar-refractivity contribution >= 4 is 44.8 Å². The van der Waals surface area contributed by atoms with Gasteiger partial charge in [-0.05, 0) is 30.7 Å². The van der Waals surface area contributed by atoms with Crippen LogP contribution in [-0.4, -0.2) is 4.98 Å². The molecule has 3 nitrogen and oxygen atoms in total. The molecule has 0 saturated carbocycles. The molecule has 1 aromatic heterocycles. The van der Waals surface area contributed by atoms with E-state index in [0.29, 0.717) is 21.5 Å². The number of rotatable bonds is 2. The molecule has 0 fully saturated rings. The van der Waals surface area contributed by atoms with Crippen molar-refractivity contribution in [2.24, 2.45) is 0 Å². The summed E-state index contributed by atoms with van der Waals surface area (Å²) in [7, 11) is 0. The molecule has 1 heterocycles. The fourth-order valence-electron chi connectivity index (χ4n) is 1.47. The number of anilines is 1. The Morgan fingerprint density at radius 3 is 2.61 bits per heavy atom. The first kappa shape index (κ1) is 13.5. The van der Waals surface area contributed by atoms with Crippen LogP contribution in [0.3, 0.4) is 0 Å². The zero-order valence-electron chi connectivity index (χ0n) is 9.38. The van der Waals surface area contributed by atoms with Crippen molar-refractivity contribution < 1.29 is 4.74 Å². The van der Waals surface area contributed by atoms with Gasteiger partial charge >= 0.3 is 0 Å². The Labute approximate surface area is 123 Å². The standard InChI is InChI=1S/C12H9BrCl2N2O/c1-6-2-7(13)3-10(16)11(6)18-12-9(15)4-8(14)5-17-12/h2-5H,16H2,1H3. The molecule has 0 radical (unpaired) electrons. The van der Waals surface area contributed by atoms with E-state index in [2.05, 4.69) is 20.9 Å². The molecule has 0 amide bonds. The Bertz CT molecular complexity index is 582. The van der Waals surface area contributed by atoms with E-state index in [0.717, 1.165) is 10.0 Å². The van der Waals surface area contributed by atoms with Crippen LogP contribution in [0, 0.1) is 6.92 Å². The van der Waals surface area contributed by atoms with E-state index in [4.69, 9.17) is 33.7 Å². The number of halogens is 3. The van der Waals surface area contributed by atoms with Crippen molar-refractivity contribution in [1.82, 2.24) is 4.98 Å². The summed E-state index contributed by atoms with van der Waals surface area (Å²) in [4.78, 5) is 4.02. The lowest BCUT2D eigenvalue weighted by molar-refractivity contribution is 0.462. The molecule has 0 aliphatic rings. The van der Waals surface area contributed by atoms with Gasteiger partial charge in [0.1, 0.15) is 5.02 Å². The summed E-state index contributed by atoms with van der Waals surface area (Å²) in [6.07, 6.45) is 1.47. The van der Waals surface area contributed by atoms with Crippen LogP contribution in [-0.2, 0) is 0 Å². The van der Waals surface area contributed by atoms with Crippen LogP contribution in [0.15, 0.2) is 28.9 Å². The number of ether oxygens (including phenoxy) is 1. The number of nitrogen functional groups attached to an aromatic ring is 1. The summed E-state index contributed by atoms with van der Waals surface area (Å²) < 4.78 is 6.52. The van der Waals surface area contributed by atoms with E-state index in [-0.39, 0.29) is 5.88 Å². The highest BCUT2D eigenvalue weighted by molar-refractivity contribution is 9.10. The molecule has 2 aromatic rings. The lowest BCUT2D eigenvalue weighted by Gasteiger charge is -2.12. The molecule has 0 unspecified atom stereocenters. The van der Waals surface area contributed by atoms with Gasteiger partial charge in [-0.2, -0.15) is 0 Å². The van der Waals surface area contributed by atoms with Crippen molar-refractivity contribution in [3.63, 3.8) is 0 Å². The first-order chi connectivity index (χ1) is 8.47. The van der Waals surface area contributed by atoms with Gasteiger partial charge in [-0.1, -0.05) is 39.1 Å². The second-order valence-corrected chi connectivity index (χ2v) is 5.44. The van der Waals surface area contributed by atoms with E-state index >= 15 is 0 Å². The highest BCUT2D eigenvalue weighted by Crippen LogP contribution is 2.36. The zero-order valence-corrected chi connectivity index (χ0v) is 12.5. The second kappa shape index (κ2) is 5.34. The maximum absolute atomic E-state index is 5.99. The molecule has 18 heavy (non-hydrogen) atoms. The summed E-state index contributed by atoms with van der Waals surface area (Å²) in [5.41, 5.74) is 7.29. The second-order valence-electron chi connectivity index (χ2n) is 3.68. The predicted molar refractivity (Wildman–Crippen MR) is 77.6 cm³/mol. The normalized spacial score (nSPS) is 10.4. The molecule has 94 valence electrons. The molecule has 2 N–H and O–H groups in total. The Morgan fingerprint density at radius 1 is 1.28 bits per heavy atom. The van der Waals surface area contributed by atoms with Gasteiger partial charge in [0.15, 0.2) is 5.75 Å². The van der Waals surface area contributed by atoms with Crippen LogP contribution in [0.1, 0.15) is 5.56 Å². The highest BCUT2D eigenvalue weighted by atomic mass is 79.9. The summed E-state index contributed by atoms with van der Waals surface area (Å²) >= 11 is 15.1. The molecule has 2 rings (SSSR count). The van der Waals surface area contributed by atoms with Crippen LogP contribution in [0.25, 0.3) is 0 Å². The smallest absolute Gasteiger partial charge is 0.238 e. The zero-order chi connectivity index (χ0) is 13.3. The van der Waals surface area contributed by atoms with Gasteiger partial charge in [0.25, 0.3) is 0 Å². The molecule has 0 bridgehead atoms. The fourth-order valence-corrected chi connectivity index (χ4v) is 2.48. The van der Waals surface area contributed by atoms with Crippen LogP contribution in [0.2, 0.25) is 10.0 Å². The number of aryl methyl sites for hydroxylation is 1. The first-order valence-corrected chi connectivity index (χ1v) is 6.57. The molecule has 1 aromatic carbocycles. The fraction of sp³-hybridized carbons (Fsp3) is 0.0833. The molecule has 0 aliphatic carbocycles. The van der Waals surface area contributed by atoms with Crippen molar-refractivity contribution in [3.8, 4) is 11.6 Å². The van der Waals surface area contributed by atoms with E-state index < -0.39 is 0 Å². The average Bonchev–Trinajstić information content (AvgIpc) is 2.25. The van der Waals surface area contributed by atoms with E-state index in [1.54, 1.807) is 12.1 Å². The Balaban J connectivity index is 2.40. The van der Waals surface area contributed by atoms with E-state index in [1.165, 1.54) is 6.20 Å². The number of nitrogens with two attached hydrogens (primary N) is 1. The average molecular weight is 348 g/mol. The van der Waals surface area contributed by atoms with Gasteiger partial charge in [-0.3, -0.25) is 0 Å². The minimum Gasteiger partial charge on any atom is -0.435 e. The minimum absolute atomic E-state index is 0.276. The summed E-state index contributed by atoms with van der Waals surface area (Å²) in [5.74, 6) is 0.813. The number of benzene rings is 1. The minimum atomic E-state index is 0.276. The maximum atomic E-state index is 5.99. The summed E-state index contributed by atoms with van der Waals surface area (Å²) in [6.45, 7) is 1.89. The summed E-state index contributed by atoms with van der Waals surface area (Å²) in [6, 6.07) is 5.22. The van der Waals surface area contributed by atoms with Crippen molar-refractivity contribution in [2.45, 2.75) is 6.92 Å². The van der Waals surface area contributed by atoms with Crippen molar-refractivity contribution in [3.05, 3.63) is 44.5 Å². The van der Waals surface area contributed by atoms with Gasteiger partial charge in [-0.15, -0.1) is 0 Å². The molecule has 6 heteroatoms. The van der Waals surface area contributed by atoms with Crippen molar-refractivity contribution in [2.75, 3.05) is 5.73 Å². The lowest BCUT2D eigenvalue weighted by Crippen LogP contribution is -1.96. The van der Waals surface area contributed by atoms with Gasteiger partial charge in [0.05, 0.1) is 10.7 Å². The molecular formula is C12H9BrCl2N2O. The third kappa shape index (κ3) is 2.88. The third-order valence-corrected chi connectivity index (χ3v) is 3.18. The number of hydrogen-bond acceptors (Lipinski definition) is 3. The maximum Gasteiger partial charge on any atom is 0.238 e. The van der Waals surface area contributed by atoms with Crippen molar-refractivity contribution in [1.29, 1.82) is 0 Å². The number of hydrogen-bond donors (Lipinski definition) is 1.